The average molecular weight is 266 g/mol. The zero-order chi connectivity index (χ0) is 13.8. The topological polar surface area (TPSA) is 24.5 Å². The summed E-state index contributed by atoms with van der Waals surface area (Å²) in [5, 5.41) is 3.12. The van der Waals surface area contributed by atoms with E-state index in [9.17, 15) is 4.39 Å². The molecule has 0 aromatic heterocycles. The van der Waals surface area contributed by atoms with Crippen LogP contribution in [0.2, 0.25) is 0 Å². The highest BCUT2D eigenvalue weighted by molar-refractivity contribution is 5.50. The summed E-state index contributed by atoms with van der Waals surface area (Å²) in [7, 11) is 3.63. The number of hydrogen-bond donors (Lipinski definition) is 1. The largest absolute Gasteiger partial charge is 0.381 e. The minimum atomic E-state index is -0.129. The molecule has 1 aromatic carbocycles. The van der Waals surface area contributed by atoms with Crippen LogP contribution in [-0.2, 0) is 4.74 Å². The fourth-order valence-electron chi connectivity index (χ4n) is 2.55. The van der Waals surface area contributed by atoms with Gasteiger partial charge in [0.25, 0.3) is 0 Å². The molecule has 1 aliphatic heterocycles. The highest BCUT2D eigenvalue weighted by Crippen LogP contribution is 2.26. The van der Waals surface area contributed by atoms with Gasteiger partial charge in [-0.1, -0.05) is 6.07 Å². The van der Waals surface area contributed by atoms with E-state index in [2.05, 4.69) is 10.2 Å². The van der Waals surface area contributed by atoms with Crippen LogP contribution in [0.5, 0.6) is 0 Å². The zero-order valence-corrected chi connectivity index (χ0v) is 11.9. The van der Waals surface area contributed by atoms with Gasteiger partial charge in [-0.25, -0.2) is 4.39 Å². The standard InChI is InChI=1S/C15H23FN2O/c1-11(17-2)12-4-5-15(14(16)10-12)18-8-6-13(19-3)7-9-18/h4-5,10-11,13,17H,6-9H2,1-3H3. The first-order valence-corrected chi connectivity index (χ1v) is 6.90. The lowest BCUT2D eigenvalue weighted by Gasteiger charge is -2.33. The molecule has 1 fully saturated rings. The van der Waals surface area contributed by atoms with Crippen LogP contribution in [0.1, 0.15) is 31.4 Å². The number of benzene rings is 1. The molecule has 1 N–H and O–H groups in total. The molecule has 1 saturated heterocycles. The van der Waals surface area contributed by atoms with Crippen LogP contribution in [0.15, 0.2) is 18.2 Å². The van der Waals surface area contributed by atoms with Crippen molar-refractivity contribution in [3.8, 4) is 0 Å². The maximum absolute atomic E-state index is 14.2. The van der Waals surface area contributed by atoms with Crippen LogP contribution in [-0.4, -0.2) is 33.4 Å². The van der Waals surface area contributed by atoms with Crippen molar-refractivity contribution in [3.05, 3.63) is 29.6 Å². The number of hydrogen-bond acceptors (Lipinski definition) is 3. The van der Waals surface area contributed by atoms with Crippen molar-refractivity contribution in [2.24, 2.45) is 0 Å². The van der Waals surface area contributed by atoms with E-state index < -0.39 is 0 Å². The van der Waals surface area contributed by atoms with Gasteiger partial charge in [0.2, 0.25) is 0 Å². The van der Waals surface area contributed by atoms with Crippen molar-refractivity contribution in [3.63, 3.8) is 0 Å². The van der Waals surface area contributed by atoms with Gasteiger partial charge in [-0.15, -0.1) is 0 Å². The molecule has 2 rings (SSSR count). The molecule has 1 aliphatic rings. The van der Waals surface area contributed by atoms with Crippen molar-refractivity contribution in [2.75, 3.05) is 32.1 Å². The zero-order valence-electron chi connectivity index (χ0n) is 11.9. The third kappa shape index (κ3) is 3.25. The van der Waals surface area contributed by atoms with E-state index in [4.69, 9.17) is 4.74 Å². The molecule has 0 bridgehead atoms. The van der Waals surface area contributed by atoms with E-state index in [0.29, 0.717) is 11.8 Å². The third-order valence-electron chi connectivity index (χ3n) is 4.02. The first-order chi connectivity index (χ1) is 9.15. The number of rotatable bonds is 4. The van der Waals surface area contributed by atoms with Gasteiger partial charge in [-0.2, -0.15) is 0 Å². The van der Waals surface area contributed by atoms with Crippen molar-refractivity contribution >= 4 is 5.69 Å². The van der Waals surface area contributed by atoms with Crippen molar-refractivity contribution in [1.29, 1.82) is 0 Å². The van der Waals surface area contributed by atoms with E-state index in [1.165, 1.54) is 0 Å². The maximum Gasteiger partial charge on any atom is 0.146 e. The molecule has 1 atom stereocenters. The normalized spacial score (nSPS) is 18.6. The van der Waals surface area contributed by atoms with Crippen LogP contribution >= 0.6 is 0 Å². The smallest absolute Gasteiger partial charge is 0.146 e. The number of ether oxygens (including phenoxy) is 1. The Morgan fingerprint density at radius 1 is 1.37 bits per heavy atom. The highest BCUT2D eigenvalue weighted by atomic mass is 19.1. The molecule has 3 nitrogen and oxygen atoms in total. The van der Waals surface area contributed by atoms with Gasteiger partial charge in [-0.3, -0.25) is 0 Å². The molecule has 0 spiro atoms. The monoisotopic (exact) mass is 266 g/mol. The second kappa shape index (κ2) is 6.35. The number of nitrogens with zero attached hydrogens (tertiary/aromatic N) is 1. The summed E-state index contributed by atoms with van der Waals surface area (Å²) in [4.78, 5) is 2.11. The minimum absolute atomic E-state index is 0.129. The summed E-state index contributed by atoms with van der Waals surface area (Å²) in [5.74, 6) is -0.129. The maximum atomic E-state index is 14.2. The third-order valence-corrected chi connectivity index (χ3v) is 4.02. The van der Waals surface area contributed by atoms with Gasteiger partial charge in [0.05, 0.1) is 11.8 Å². The number of anilines is 1. The summed E-state index contributed by atoms with van der Waals surface area (Å²) >= 11 is 0. The molecule has 0 amide bonds. The summed E-state index contributed by atoms with van der Waals surface area (Å²) in [6, 6.07) is 5.70. The van der Waals surface area contributed by atoms with E-state index in [0.717, 1.165) is 31.5 Å². The Labute approximate surface area is 114 Å². The van der Waals surface area contributed by atoms with Crippen molar-refractivity contribution in [1.82, 2.24) is 5.32 Å². The van der Waals surface area contributed by atoms with Crippen LogP contribution in [0, 0.1) is 5.82 Å². The quantitative estimate of drug-likeness (QED) is 0.907. The summed E-state index contributed by atoms with van der Waals surface area (Å²) in [5.41, 5.74) is 1.69. The van der Waals surface area contributed by atoms with Crippen molar-refractivity contribution < 1.29 is 9.13 Å². The predicted octanol–water partition coefficient (Wildman–Crippen LogP) is 2.72. The fraction of sp³-hybridized carbons (Fsp3) is 0.600. The first-order valence-electron chi connectivity index (χ1n) is 6.90. The molecule has 4 heteroatoms. The van der Waals surface area contributed by atoms with E-state index in [-0.39, 0.29) is 11.9 Å². The van der Waals surface area contributed by atoms with Gasteiger partial charge in [0.1, 0.15) is 5.82 Å². The van der Waals surface area contributed by atoms with E-state index in [1.807, 2.05) is 26.1 Å². The Hall–Kier alpha value is -1.13. The van der Waals surface area contributed by atoms with Crippen LogP contribution in [0.4, 0.5) is 10.1 Å². The Bertz CT molecular complexity index is 417. The molecular weight excluding hydrogens is 243 g/mol. The molecule has 19 heavy (non-hydrogen) atoms. The molecule has 0 saturated carbocycles. The highest BCUT2D eigenvalue weighted by Gasteiger charge is 2.21. The van der Waals surface area contributed by atoms with Gasteiger partial charge in [-0.05, 0) is 44.5 Å². The molecule has 1 aromatic rings. The van der Waals surface area contributed by atoms with Crippen LogP contribution in [0.3, 0.4) is 0 Å². The van der Waals surface area contributed by atoms with Crippen LogP contribution < -0.4 is 10.2 Å². The Morgan fingerprint density at radius 2 is 2.05 bits per heavy atom. The first kappa shape index (κ1) is 14.3. The fourth-order valence-corrected chi connectivity index (χ4v) is 2.55. The Kier molecular flexibility index (Phi) is 4.77. The summed E-state index contributed by atoms with van der Waals surface area (Å²) in [6.45, 7) is 3.74. The van der Waals surface area contributed by atoms with Crippen molar-refractivity contribution in [2.45, 2.75) is 31.9 Å². The van der Waals surface area contributed by atoms with Gasteiger partial charge in [0, 0.05) is 26.2 Å². The lowest BCUT2D eigenvalue weighted by atomic mass is 10.0. The lowest BCUT2D eigenvalue weighted by Crippen LogP contribution is -2.37. The van der Waals surface area contributed by atoms with Gasteiger partial charge < -0.3 is 15.0 Å². The minimum Gasteiger partial charge on any atom is -0.381 e. The van der Waals surface area contributed by atoms with E-state index in [1.54, 1.807) is 13.2 Å². The van der Waals surface area contributed by atoms with Gasteiger partial charge in [0.15, 0.2) is 0 Å². The van der Waals surface area contributed by atoms with Crippen LogP contribution in [0.25, 0.3) is 0 Å². The van der Waals surface area contributed by atoms with E-state index >= 15 is 0 Å². The predicted molar refractivity (Wildman–Crippen MR) is 76.1 cm³/mol. The summed E-state index contributed by atoms with van der Waals surface area (Å²) in [6.07, 6.45) is 2.25. The lowest BCUT2D eigenvalue weighted by molar-refractivity contribution is 0.0818. The number of halogens is 1. The Balaban J connectivity index is 2.09. The second-order valence-corrected chi connectivity index (χ2v) is 5.14. The number of piperidine rings is 1. The molecule has 0 aliphatic carbocycles. The van der Waals surface area contributed by atoms with Gasteiger partial charge >= 0.3 is 0 Å². The number of nitrogens with one attached hydrogen (secondary N) is 1. The molecular formula is C15H23FN2O. The summed E-state index contributed by atoms with van der Waals surface area (Å²) < 4.78 is 19.6. The SMILES string of the molecule is CNC(C)c1ccc(N2CCC(OC)CC2)c(F)c1. The molecule has 1 heterocycles. The number of methoxy groups -OCH3 is 1. The average Bonchev–Trinajstić information content (AvgIpc) is 2.46. The molecule has 1 unspecified atom stereocenters. The second-order valence-electron chi connectivity index (χ2n) is 5.14. The molecule has 0 radical (unpaired) electrons. The molecule has 106 valence electrons. The Morgan fingerprint density at radius 3 is 2.58 bits per heavy atom.